The number of rotatable bonds is 0. The third-order valence-electron chi connectivity index (χ3n) is 1.02. The molecule has 0 atom stereocenters. The van der Waals surface area contributed by atoms with Crippen molar-refractivity contribution in [3.63, 3.8) is 0 Å². The van der Waals surface area contributed by atoms with Crippen LogP contribution in [0.25, 0.3) is 0 Å². The van der Waals surface area contributed by atoms with Gasteiger partial charge in [-0.1, -0.05) is 0 Å². The average Bonchev–Trinajstić information content (AvgIpc) is 1.84. The zero-order chi connectivity index (χ0) is 7.72. The van der Waals surface area contributed by atoms with Gasteiger partial charge in [-0.15, -0.1) is 12.6 Å². The summed E-state index contributed by atoms with van der Waals surface area (Å²) in [7, 11) is 0. The highest BCUT2D eigenvalue weighted by atomic mass is 79.9. The third kappa shape index (κ3) is 1.44. The monoisotopic (exact) mass is 222 g/mol. The van der Waals surface area contributed by atoms with E-state index in [4.69, 9.17) is 5.11 Å². The number of phenolic OH excluding ortho intramolecular Hbond substituents is 1. The van der Waals surface area contributed by atoms with Gasteiger partial charge in [-0.2, -0.15) is 0 Å². The quantitative estimate of drug-likeness (QED) is 0.647. The lowest BCUT2D eigenvalue weighted by Gasteiger charge is -1.98. The van der Waals surface area contributed by atoms with E-state index < -0.39 is 5.82 Å². The number of aromatic hydroxyl groups is 1. The van der Waals surface area contributed by atoms with Gasteiger partial charge in [0, 0.05) is 9.37 Å². The summed E-state index contributed by atoms with van der Waals surface area (Å²) in [5.74, 6) is -1.03. The third-order valence-corrected chi connectivity index (χ3v) is 2.35. The summed E-state index contributed by atoms with van der Waals surface area (Å²) in [6.07, 6.45) is 0. The van der Waals surface area contributed by atoms with E-state index in [1.807, 2.05) is 0 Å². The van der Waals surface area contributed by atoms with Gasteiger partial charge >= 0.3 is 0 Å². The predicted molar refractivity (Wildman–Crippen MR) is 43.0 cm³/mol. The highest BCUT2D eigenvalue weighted by Crippen LogP contribution is 2.27. The lowest BCUT2D eigenvalue weighted by Crippen LogP contribution is -1.77. The van der Waals surface area contributed by atoms with Crippen LogP contribution in [0, 0.1) is 5.82 Å². The molecule has 0 fully saturated rings. The highest BCUT2D eigenvalue weighted by Gasteiger charge is 2.03. The van der Waals surface area contributed by atoms with E-state index in [0.717, 1.165) is 6.07 Å². The molecule has 0 spiro atoms. The van der Waals surface area contributed by atoms with Crippen LogP contribution in [-0.4, -0.2) is 5.11 Å². The number of thiol groups is 1. The second-order valence-corrected chi connectivity index (χ2v) is 3.09. The van der Waals surface area contributed by atoms with Gasteiger partial charge in [-0.25, -0.2) is 4.39 Å². The standard InChI is InChI=1S/C6H4BrFOS/c7-3-1-4(8)5(9)2-6(3)10/h1-2,9-10H. The largest absolute Gasteiger partial charge is 0.505 e. The van der Waals surface area contributed by atoms with E-state index in [0.29, 0.717) is 9.37 Å². The molecule has 0 unspecified atom stereocenters. The molecule has 4 heteroatoms. The van der Waals surface area contributed by atoms with E-state index in [2.05, 4.69) is 28.6 Å². The summed E-state index contributed by atoms with van der Waals surface area (Å²) in [6, 6.07) is 2.40. The van der Waals surface area contributed by atoms with Gasteiger partial charge in [-0.05, 0) is 28.1 Å². The Morgan fingerprint density at radius 2 is 2.10 bits per heavy atom. The summed E-state index contributed by atoms with van der Waals surface area (Å²) in [4.78, 5) is 0.513. The molecule has 0 saturated heterocycles. The molecule has 1 aromatic rings. The molecule has 0 heterocycles. The van der Waals surface area contributed by atoms with Crippen LogP contribution >= 0.6 is 28.6 Å². The molecule has 10 heavy (non-hydrogen) atoms. The fraction of sp³-hybridized carbons (Fsp3) is 0. The van der Waals surface area contributed by atoms with Crippen molar-refractivity contribution in [3.8, 4) is 5.75 Å². The normalized spacial score (nSPS) is 9.90. The molecule has 1 rings (SSSR count). The molecule has 54 valence electrons. The van der Waals surface area contributed by atoms with Crippen LogP contribution in [0.15, 0.2) is 21.5 Å². The lowest BCUT2D eigenvalue weighted by molar-refractivity contribution is 0.430. The first-order chi connectivity index (χ1) is 4.61. The fourth-order valence-electron chi connectivity index (χ4n) is 0.527. The summed E-state index contributed by atoms with van der Waals surface area (Å²) < 4.78 is 13.0. The number of hydrogen-bond donors (Lipinski definition) is 2. The van der Waals surface area contributed by atoms with Crippen molar-refractivity contribution < 1.29 is 9.50 Å². The Bertz CT molecular complexity index is 214. The van der Waals surface area contributed by atoms with Crippen LogP contribution in [0.2, 0.25) is 0 Å². The average molecular weight is 223 g/mol. The van der Waals surface area contributed by atoms with E-state index in [9.17, 15) is 4.39 Å². The van der Waals surface area contributed by atoms with E-state index in [1.54, 1.807) is 0 Å². The molecule has 0 aliphatic carbocycles. The molecule has 0 aliphatic heterocycles. The molecule has 0 aliphatic rings. The zero-order valence-corrected chi connectivity index (χ0v) is 7.29. The first-order valence-corrected chi connectivity index (χ1v) is 3.72. The van der Waals surface area contributed by atoms with Gasteiger partial charge < -0.3 is 5.11 Å². The topological polar surface area (TPSA) is 20.2 Å². The number of halogens is 2. The maximum absolute atomic E-state index is 12.4. The smallest absolute Gasteiger partial charge is 0.166 e. The highest BCUT2D eigenvalue weighted by molar-refractivity contribution is 9.10. The molecular weight excluding hydrogens is 219 g/mol. The van der Waals surface area contributed by atoms with Crippen LogP contribution < -0.4 is 0 Å². The summed E-state index contributed by atoms with van der Waals surface area (Å²) >= 11 is 6.99. The molecular formula is C6H4BrFOS. The van der Waals surface area contributed by atoms with Crippen molar-refractivity contribution in [3.05, 3.63) is 22.4 Å². The van der Waals surface area contributed by atoms with E-state index >= 15 is 0 Å². The molecule has 1 nitrogen and oxygen atoms in total. The van der Waals surface area contributed by atoms with Crippen molar-refractivity contribution in [2.75, 3.05) is 0 Å². The molecule has 0 amide bonds. The van der Waals surface area contributed by atoms with Gasteiger partial charge in [0.25, 0.3) is 0 Å². The van der Waals surface area contributed by atoms with Gasteiger partial charge in [0.2, 0.25) is 0 Å². The first kappa shape index (κ1) is 7.88. The van der Waals surface area contributed by atoms with Gasteiger partial charge in [-0.3, -0.25) is 0 Å². The van der Waals surface area contributed by atoms with Gasteiger partial charge in [0.05, 0.1) is 0 Å². The van der Waals surface area contributed by atoms with Crippen LogP contribution in [-0.2, 0) is 0 Å². The molecule has 0 aromatic heterocycles. The molecule has 1 N–H and O–H groups in total. The van der Waals surface area contributed by atoms with Crippen molar-refractivity contribution in [2.45, 2.75) is 4.90 Å². The maximum atomic E-state index is 12.4. The predicted octanol–water partition coefficient (Wildman–Crippen LogP) is 2.58. The minimum atomic E-state index is -0.648. The fourth-order valence-corrected chi connectivity index (χ4v) is 1.03. The van der Waals surface area contributed by atoms with E-state index in [-0.39, 0.29) is 5.75 Å². The summed E-state index contributed by atoms with van der Waals surface area (Å²) in [6.45, 7) is 0. The van der Waals surface area contributed by atoms with Crippen LogP contribution in [0.4, 0.5) is 4.39 Å². The van der Waals surface area contributed by atoms with Crippen LogP contribution in [0.3, 0.4) is 0 Å². The van der Waals surface area contributed by atoms with Crippen LogP contribution in [0.1, 0.15) is 0 Å². The Morgan fingerprint density at radius 1 is 1.50 bits per heavy atom. The minimum absolute atomic E-state index is 0.381. The van der Waals surface area contributed by atoms with E-state index in [1.165, 1.54) is 6.07 Å². The molecule has 0 radical (unpaired) electrons. The zero-order valence-electron chi connectivity index (χ0n) is 4.81. The van der Waals surface area contributed by atoms with Crippen molar-refractivity contribution >= 4 is 28.6 Å². The van der Waals surface area contributed by atoms with Crippen molar-refractivity contribution in [1.29, 1.82) is 0 Å². The minimum Gasteiger partial charge on any atom is -0.505 e. The van der Waals surface area contributed by atoms with Gasteiger partial charge in [0.1, 0.15) is 0 Å². The van der Waals surface area contributed by atoms with Crippen molar-refractivity contribution in [1.82, 2.24) is 0 Å². The summed E-state index contributed by atoms with van der Waals surface area (Å²) in [5.41, 5.74) is 0. The first-order valence-electron chi connectivity index (χ1n) is 2.48. The Labute approximate surface area is 71.4 Å². The van der Waals surface area contributed by atoms with Crippen molar-refractivity contribution in [2.24, 2.45) is 0 Å². The Morgan fingerprint density at radius 3 is 2.60 bits per heavy atom. The number of phenols is 1. The Hall–Kier alpha value is -0.220. The number of hydrogen-bond acceptors (Lipinski definition) is 2. The number of benzene rings is 1. The molecule has 1 aromatic carbocycles. The Kier molecular flexibility index (Phi) is 2.21. The van der Waals surface area contributed by atoms with Gasteiger partial charge in [0.15, 0.2) is 11.6 Å². The maximum Gasteiger partial charge on any atom is 0.166 e. The summed E-state index contributed by atoms with van der Waals surface area (Å²) in [5, 5.41) is 8.78. The molecule has 0 saturated carbocycles. The van der Waals surface area contributed by atoms with Crippen LogP contribution in [0.5, 0.6) is 5.75 Å². The Balaban J connectivity index is 3.28. The second kappa shape index (κ2) is 2.80. The second-order valence-electron chi connectivity index (χ2n) is 1.76. The lowest BCUT2D eigenvalue weighted by atomic mass is 10.3. The molecule has 0 bridgehead atoms. The SMILES string of the molecule is Oc1cc(S)c(Br)cc1F.